The molecule has 3 aromatic rings. The Bertz CT molecular complexity index is 935. The van der Waals surface area contributed by atoms with Crippen molar-refractivity contribution >= 4 is 33.8 Å². The first-order valence-electron chi connectivity index (χ1n) is 8.27. The van der Waals surface area contributed by atoms with Crippen LogP contribution in [0.1, 0.15) is 23.7 Å². The van der Waals surface area contributed by atoms with Gasteiger partial charge in [-0.1, -0.05) is 19.1 Å². The zero-order chi connectivity index (χ0) is 18.7. The number of aryl methyl sites for hydroxylation is 1. The Morgan fingerprint density at radius 3 is 2.50 bits per heavy atom. The molecule has 2 aromatic heterocycles. The number of carboxylic acids is 1. The highest BCUT2D eigenvalue weighted by atomic mass is 32.1. The molecule has 7 heteroatoms. The van der Waals surface area contributed by atoms with Gasteiger partial charge in [-0.2, -0.15) is 0 Å². The van der Waals surface area contributed by atoms with Crippen molar-refractivity contribution in [1.29, 1.82) is 0 Å². The number of carbonyl (C=O) groups is 1. The summed E-state index contributed by atoms with van der Waals surface area (Å²) in [5, 5.41) is 12.9. The van der Waals surface area contributed by atoms with E-state index in [0.29, 0.717) is 5.82 Å². The molecular weight excluding hydrogens is 348 g/mol. The van der Waals surface area contributed by atoms with Gasteiger partial charge in [0.15, 0.2) is 5.82 Å². The molecule has 3 rings (SSSR count). The summed E-state index contributed by atoms with van der Waals surface area (Å²) >= 11 is 1.46. The van der Waals surface area contributed by atoms with Crippen LogP contribution in [0.5, 0.6) is 0 Å². The minimum atomic E-state index is -0.842. The monoisotopic (exact) mass is 368 g/mol. The number of hydrogen-bond acceptors (Lipinski definition) is 6. The van der Waals surface area contributed by atoms with Crippen LogP contribution in [0.15, 0.2) is 36.4 Å². The summed E-state index contributed by atoms with van der Waals surface area (Å²) in [7, 11) is 0. The minimum Gasteiger partial charge on any atom is -0.481 e. The molecule has 0 radical (unpaired) electrons. The SMILES string of the molecule is CCc1c(C)nc(-c2ccc(N)s2)nc1Nc1ccc(CC(=O)O)cc1. The van der Waals surface area contributed by atoms with Crippen molar-refractivity contribution in [2.24, 2.45) is 0 Å². The van der Waals surface area contributed by atoms with E-state index < -0.39 is 5.97 Å². The topological polar surface area (TPSA) is 101 Å². The van der Waals surface area contributed by atoms with Crippen LogP contribution < -0.4 is 11.1 Å². The van der Waals surface area contributed by atoms with E-state index in [-0.39, 0.29) is 6.42 Å². The summed E-state index contributed by atoms with van der Waals surface area (Å²) in [5.41, 5.74) is 9.41. The lowest BCUT2D eigenvalue weighted by molar-refractivity contribution is -0.136. The lowest BCUT2D eigenvalue weighted by atomic mass is 10.1. The number of anilines is 3. The molecule has 0 amide bonds. The molecule has 4 N–H and O–H groups in total. The van der Waals surface area contributed by atoms with Crippen molar-refractivity contribution in [2.45, 2.75) is 26.7 Å². The summed E-state index contributed by atoms with van der Waals surface area (Å²) in [6, 6.07) is 11.1. The van der Waals surface area contributed by atoms with Gasteiger partial charge < -0.3 is 16.2 Å². The molecule has 0 aliphatic carbocycles. The standard InChI is InChI=1S/C19H20N4O2S/c1-3-14-11(2)21-19(15-8-9-16(20)26-15)23-18(14)22-13-6-4-12(5-7-13)10-17(24)25/h4-9H,3,10,20H2,1-2H3,(H,24,25)(H,21,22,23). The summed E-state index contributed by atoms with van der Waals surface area (Å²) in [6.07, 6.45) is 0.815. The van der Waals surface area contributed by atoms with Gasteiger partial charge in [-0.25, -0.2) is 9.97 Å². The molecule has 0 unspecified atom stereocenters. The lowest BCUT2D eigenvalue weighted by Crippen LogP contribution is -2.05. The number of rotatable bonds is 6. The quantitative estimate of drug-likeness (QED) is 0.607. The Morgan fingerprint density at radius 1 is 1.19 bits per heavy atom. The summed E-state index contributed by atoms with van der Waals surface area (Å²) < 4.78 is 0. The summed E-state index contributed by atoms with van der Waals surface area (Å²) in [6.45, 7) is 4.04. The fourth-order valence-electron chi connectivity index (χ4n) is 2.72. The van der Waals surface area contributed by atoms with Crippen LogP contribution in [-0.4, -0.2) is 21.0 Å². The minimum absolute atomic E-state index is 0.0110. The Balaban J connectivity index is 1.92. The number of hydrogen-bond donors (Lipinski definition) is 3. The Morgan fingerprint density at radius 2 is 1.92 bits per heavy atom. The molecule has 0 aliphatic rings. The summed E-state index contributed by atoms with van der Waals surface area (Å²) in [4.78, 5) is 21.0. The third-order valence-electron chi connectivity index (χ3n) is 3.99. The highest BCUT2D eigenvalue weighted by Crippen LogP contribution is 2.30. The van der Waals surface area contributed by atoms with E-state index in [1.165, 1.54) is 11.3 Å². The van der Waals surface area contributed by atoms with Crippen molar-refractivity contribution in [3.63, 3.8) is 0 Å². The first-order chi connectivity index (χ1) is 12.5. The number of aromatic nitrogens is 2. The van der Waals surface area contributed by atoms with E-state index in [0.717, 1.165) is 44.6 Å². The molecule has 26 heavy (non-hydrogen) atoms. The second-order valence-corrected chi connectivity index (χ2v) is 7.02. The van der Waals surface area contributed by atoms with Gasteiger partial charge in [0.25, 0.3) is 0 Å². The van der Waals surface area contributed by atoms with E-state index in [9.17, 15) is 4.79 Å². The zero-order valence-electron chi connectivity index (χ0n) is 14.6. The van der Waals surface area contributed by atoms with Crippen molar-refractivity contribution in [2.75, 3.05) is 11.1 Å². The van der Waals surface area contributed by atoms with Gasteiger partial charge in [0.1, 0.15) is 5.82 Å². The predicted molar refractivity (Wildman–Crippen MR) is 105 cm³/mol. The smallest absolute Gasteiger partial charge is 0.307 e. The van der Waals surface area contributed by atoms with Gasteiger partial charge in [0, 0.05) is 16.9 Å². The van der Waals surface area contributed by atoms with Gasteiger partial charge in [0.05, 0.1) is 16.3 Å². The molecular formula is C19H20N4O2S. The van der Waals surface area contributed by atoms with Crippen LogP contribution in [0, 0.1) is 6.92 Å². The van der Waals surface area contributed by atoms with Gasteiger partial charge >= 0.3 is 5.97 Å². The van der Waals surface area contributed by atoms with E-state index in [1.54, 1.807) is 12.1 Å². The van der Waals surface area contributed by atoms with Gasteiger partial charge in [-0.3, -0.25) is 4.79 Å². The Kier molecular flexibility index (Phi) is 5.18. The van der Waals surface area contributed by atoms with E-state index in [2.05, 4.69) is 17.2 Å². The molecule has 2 heterocycles. The predicted octanol–water partition coefficient (Wildman–Crippen LogP) is 4.03. The molecule has 1 aromatic carbocycles. The maximum atomic E-state index is 10.8. The maximum Gasteiger partial charge on any atom is 0.307 e. The molecule has 0 saturated heterocycles. The van der Waals surface area contributed by atoms with Crippen LogP contribution in [0.25, 0.3) is 10.7 Å². The third-order valence-corrected chi connectivity index (χ3v) is 4.90. The van der Waals surface area contributed by atoms with Gasteiger partial charge in [-0.05, 0) is 43.2 Å². The maximum absolute atomic E-state index is 10.8. The Labute approximate surface area is 155 Å². The second-order valence-electron chi connectivity index (χ2n) is 5.91. The molecule has 6 nitrogen and oxygen atoms in total. The van der Waals surface area contributed by atoms with Crippen molar-refractivity contribution in [3.05, 3.63) is 53.2 Å². The van der Waals surface area contributed by atoms with Gasteiger partial charge in [-0.15, -0.1) is 11.3 Å². The van der Waals surface area contributed by atoms with Crippen LogP contribution in [0.4, 0.5) is 16.5 Å². The molecule has 0 bridgehead atoms. The van der Waals surface area contributed by atoms with Crippen LogP contribution >= 0.6 is 11.3 Å². The molecule has 0 aliphatic heterocycles. The van der Waals surface area contributed by atoms with Crippen LogP contribution in [0.2, 0.25) is 0 Å². The van der Waals surface area contributed by atoms with E-state index in [1.807, 2.05) is 31.2 Å². The lowest BCUT2D eigenvalue weighted by Gasteiger charge is -2.14. The average molecular weight is 368 g/mol. The number of nitrogens with two attached hydrogens (primary N) is 1. The molecule has 0 atom stereocenters. The number of benzene rings is 1. The Hall–Kier alpha value is -2.93. The van der Waals surface area contributed by atoms with Crippen molar-refractivity contribution in [1.82, 2.24) is 9.97 Å². The number of thiophene rings is 1. The van der Waals surface area contributed by atoms with Crippen LogP contribution in [-0.2, 0) is 17.6 Å². The number of aliphatic carboxylic acids is 1. The number of nitrogens with one attached hydrogen (secondary N) is 1. The van der Waals surface area contributed by atoms with E-state index in [4.69, 9.17) is 15.8 Å². The molecule has 134 valence electrons. The number of carboxylic acid groups (broad SMARTS) is 1. The third kappa shape index (κ3) is 4.00. The normalized spacial score (nSPS) is 10.7. The first-order valence-corrected chi connectivity index (χ1v) is 9.09. The molecule has 0 saturated carbocycles. The average Bonchev–Trinajstić information content (AvgIpc) is 3.02. The fraction of sp³-hybridized carbons (Fsp3) is 0.211. The number of nitrogens with zero attached hydrogens (tertiary/aromatic N) is 2. The second kappa shape index (κ2) is 7.53. The molecule has 0 spiro atoms. The largest absolute Gasteiger partial charge is 0.481 e. The zero-order valence-corrected chi connectivity index (χ0v) is 15.4. The first kappa shape index (κ1) is 17.9. The fourth-order valence-corrected chi connectivity index (χ4v) is 3.43. The summed E-state index contributed by atoms with van der Waals surface area (Å²) in [5.74, 6) is 0.560. The van der Waals surface area contributed by atoms with Crippen molar-refractivity contribution in [3.8, 4) is 10.7 Å². The number of nitrogen functional groups attached to an aromatic ring is 1. The van der Waals surface area contributed by atoms with Crippen molar-refractivity contribution < 1.29 is 9.90 Å². The van der Waals surface area contributed by atoms with Gasteiger partial charge in [0.2, 0.25) is 0 Å². The van der Waals surface area contributed by atoms with Crippen LogP contribution in [0.3, 0.4) is 0 Å². The highest BCUT2D eigenvalue weighted by molar-refractivity contribution is 7.19. The van der Waals surface area contributed by atoms with E-state index >= 15 is 0 Å². The molecule has 0 fully saturated rings. The highest BCUT2D eigenvalue weighted by Gasteiger charge is 2.13.